The summed E-state index contributed by atoms with van der Waals surface area (Å²) in [6.45, 7) is 2.61. The molecule has 0 fully saturated rings. The maximum Gasteiger partial charge on any atom is 0.251 e. The molecule has 2 aromatic rings. The summed E-state index contributed by atoms with van der Waals surface area (Å²) in [6, 6.07) is 4.73. The van der Waals surface area contributed by atoms with Crippen LogP contribution in [0.25, 0.3) is 0 Å². The van der Waals surface area contributed by atoms with Gasteiger partial charge in [-0.3, -0.25) is 9.48 Å². The minimum absolute atomic E-state index is 0.00232. The van der Waals surface area contributed by atoms with E-state index in [-0.39, 0.29) is 17.7 Å². The third-order valence-electron chi connectivity index (χ3n) is 2.84. The molecule has 0 aliphatic carbocycles. The highest BCUT2D eigenvalue weighted by molar-refractivity contribution is 9.10. The van der Waals surface area contributed by atoms with E-state index >= 15 is 0 Å². The Morgan fingerprint density at radius 2 is 2.35 bits per heavy atom. The fourth-order valence-electron chi connectivity index (χ4n) is 1.71. The van der Waals surface area contributed by atoms with Crippen LogP contribution in [-0.4, -0.2) is 31.8 Å². The van der Waals surface area contributed by atoms with Crippen molar-refractivity contribution in [2.75, 3.05) is 0 Å². The number of aryl methyl sites for hydroxylation is 1. The smallest absolute Gasteiger partial charge is 0.251 e. The van der Waals surface area contributed by atoms with Crippen LogP contribution in [0, 0.1) is 0 Å². The summed E-state index contributed by atoms with van der Waals surface area (Å²) in [4.78, 5) is 15.9. The lowest BCUT2D eigenvalue weighted by molar-refractivity contribution is 0.0937. The molecular formula is C13H15BrN4O2. The van der Waals surface area contributed by atoms with Gasteiger partial charge < -0.3 is 10.4 Å². The average Bonchev–Trinajstić information content (AvgIpc) is 2.92. The molecule has 0 spiro atoms. The number of amides is 1. The minimum Gasteiger partial charge on any atom is -0.507 e. The van der Waals surface area contributed by atoms with Gasteiger partial charge in [0.05, 0.1) is 4.47 Å². The van der Waals surface area contributed by atoms with Gasteiger partial charge in [0.1, 0.15) is 18.4 Å². The molecule has 0 radical (unpaired) electrons. The quantitative estimate of drug-likeness (QED) is 0.873. The molecule has 106 valence electrons. The van der Waals surface area contributed by atoms with Gasteiger partial charge in [0.2, 0.25) is 0 Å². The van der Waals surface area contributed by atoms with E-state index in [2.05, 4.69) is 31.3 Å². The van der Waals surface area contributed by atoms with Gasteiger partial charge in [-0.15, -0.1) is 0 Å². The predicted molar refractivity (Wildman–Crippen MR) is 77.4 cm³/mol. The monoisotopic (exact) mass is 338 g/mol. The second kappa shape index (κ2) is 6.51. The number of carbonyl (C=O) groups excluding carboxylic acids is 1. The van der Waals surface area contributed by atoms with E-state index in [1.165, 1.54) is 12.4 Å². The molecule has 1 aromatic heterocycles. The summed E-state index contributed by atoms with van der Waals surface area (Å²) < 4.78 is 2.28. The van der Waals surface area contributed by atoms with Gasteiger partial charge in [0, 0.05) is 18.2 Å². The van der Waals surface area contributed by atoms with Crippen molar-refractivity contribution in [3.05, 3.63) is 40.9 Å². The van der Waals surface area contributed by atoms with E-state index in [1.54, 1.807) is 23.1 Å². The van der Waals surface area contributed by atoms with Crippen LogP contribution >= 0.6 is 15.9 Å². The number of nitrogens with zero attached hydrogens (tertiary/aromatic N) is 3. The van der Waals surface area contributed by atoms with Crippen LogP contribution in [0.5, 0.6) is 5.75 Å². The van der Waals surface area contributed by atoms with Gasteiger partial charge in [-0.05, 0) is 47.5 Å². The summed E-state index contributed by atoms with van der Waals surface area (Å²) in [6.07, 6.45) is 3.87. The maximum atomic E-state index is 12.0. The predicted octanol–water partition coefficient (Wildman–Crippen LogP) is 1.95. The molecule has 0 saturated heterocycles. The van der Waals surface area contributed by atoms with E-state index in [0.717, 1.165) is 6.42 Å². The first-order valence-electron chi connectivity index (χ1n) is 6.18. The van der Waals surface area contributed by atoms with Gasteiger partial charge in [-0.2, -0.15) is 5.10 Å². The number of hydrogen-bond donors (Lipinski definition) is 2. The van der Waals surface area contributed by atoms with E-state index in [4.69, 9.17) is 0 Å². The van der Waals surface area contributed by atoms with Gasteiger partial charge >= 0.3 is 0 Å². The number of phenols is 1. The summed E-state index contributed by atoms with van der Waals surface area (Å²) >= 11 is 3.18. The van der Waals surface area contributed by atoms with Crippen LogP contribution in [0.3, 0.4) is 0 Å². The standard InChI is InChI=1S/C13H15BrN4O2/c1-9(4-5-18-8-15-7-16-18)17-13(20)10-2-3-11(14)12(19)6-10/h2-3,6-9,19H,4-5H2,1H3,(H,17,20)/t9-/m0/s1. The van der Waals surface area contributed by atoms with Gasteiger partial charge in [-0.1, -0.05) is 0 Å². The van der Waals surface area contributed by atoms with Crippen molar-refractivity contribution in [1.82, 2.24) is 20.1 Å². The number of aromatic nitrogens is 3. The summed E-state index contributed by atoms with van der Waals surface area (Å²) in [7, 11) is 0. The number of rotatable bonds is 5. The second-order valence-corrected chi connectivity index (χ2v) is 5.34. The Bertz CT molecular complexity index is 586. The lowest BCUT2D eigenvalue weighted by atomic mass is 10.1. The summed E-state index contributed by atoms with van der Waals surface area (Å²) in [5, 5.41) is 16.4. The van der Waals surface area contributed by atoms with Gasteiger partial charge in [0.25, 0.3) is 5.91 Å². The Morgan fingerprint density at radius 3 is 3.00 bits per heavy atom. The van der Waals surface area contributed by atoms with Crippen molar-refractivity contribution in [3.8, 4) is 5.75 Å². The maximum absolute atomic E-state index is 12.0. The number of aromatic hydroxyl groups is 1. The molecule has 1 aromatic carbocycles. The van der Waals surface area contributed by atoms with Crippen LogP contribution in [0.2, 0.25) is 0 Å². The Morgan fingerprint density at radius 1 is 1.55 bits per heavy atom. The van der Waals surface area contributed by atoms with Crippen molar-refractivity contribution >= 4 is 21.8 Å². The average molecular weight is 339 g/mol. The van der Waals surface area contributed by atoms with Crippen molar-refractivity contribution in [2.45, 2.75) is 25.9 Å². The topological polar surface area (TPSA) is 80.0 Å². The van der Waals surface area contributed by atoms with Crippen molar-refractivity contribution in [3.63, 3.8) is 0 Å². The number of halogens is 1. The molecule has 0 bridgehead atoms. The minimum atomic E-state index is -0.209. The zero-order valence-electron chi connectivity index (χ0n) is 11.0. The van der Waals surface area contributed by atoms with E-state index in [0.29, 0.717) is 16.6 Å². The first-order valence-corrected chi connectivity index (χ1v) is 6.97. The Labute approximate surface area is 125 Å². The molecule has 2 N–H and O–H groups in total. The third-order valence-corrected chi connectivity index (χ3v) is 3.51. The van der Waals surface area contributed by atoms with Crippen LogP contribution < -0.4 is 5.32 Å². The Hall–Kier alpha value is -1.89. The molecule has 2 rings (SSSR count). The molecule has 0 aliphatic heterocycles. The highest BCUT2D eigenvalue weighted by atomic mass is 79.9. The van der Waals surface area contributed by atoms with Crippen LogP contribution in [0.1, 0.15) is 23.7 Å². The summed E-state index contributed by atoms with van der Waals surface area (Å²) in [5.74, 6) is -0.160. The first kappa shape index (κ1) is 14.5. The molecule has 7 heteroatoms. The molecule has 0 saturated carbocycles. The van der Waals surface area contributed by atoms with Crippen molar-refractivity contribution in [2.24, 2.45) is 0 Å². The lowest BCUT2D eigenvalue weighted by Crippen LogP contribution is -2.33. The highest BCUT2D eigenvalue weighted by Gasteiger charge is 2.11. The molecule has 6 nitrogen and oxygen atoms in total. The van der Waals surface area contributed by atoms with E-state index in [9.17, 15) is 9.90 Å². The van der Waals surface area contributed by atoms with Gasteiger partial charge in [0.15, 0.2) is 0 Å². The summed E-state index contributed by atoms with van der Waals surface area (Å²) in [5.41, 5.74) is 0.429. The number of hydrogen-bond acceptors (Lipinski definition) is 4. The Balaban J connectivity index is 1.88. The van der Waals surface area contributed by atoms with Crippen LogP contribution in [-0.2, 0) is 6.54 Å². The number of carbonyl (C=O) groups is 1. The van der Waals surface area contributed by atoms with E-state index in [1.807, 2.05) is 6.92 Å². The van der Waals surface area contributed by atoms with Crippen LogP contribution in [0.15, 0.2) is 35.3 Å². The normalized spacial score (nSPS) is 12.1. The first-order chi connectivity index (χ1) is 9.56. The molecule has 0 unspecified atom stereocenters. The highest BCUT2D eigenvalue weighted by Crippen LogP contribution is 2.24. The van der Waals surface area contributed by atoms with Gasteiger partial charge in [-0.25, -0.2) is 4.98 Å². The lowest BCUT2D eigenvalue weighted by Gasteiger charge is -2.14. The van der Waals surface area contributed by atoms with E-state index < -0.39 is 0 Å². The van der Waals surface area contributed by atoms with Crippen molar-refractivity contribution in [1.29, 1.82) is 0 Å². The molecule has 1 heterocycles. The number of phenolic OH excluding ortho intramolecular Hbond substituents is 1. The zero-order valence-corrected chi connectivity index (χ0v) is 12.5. The zero-order chi connectivity index (χ0) is 14.5. The molecule has 20 heavy (non-hydrogen) atoms. The Kier molecular flexibility index (Phi) is 4.73. The van der Waals surface area contributed by atoms with Crippen molar-refractivity contribution < 1.29 is 9.90 Å². The fourth-order valence-corrected chi connectivity index (χ4v) is 1.95. The molecule has 1 amide bonds. The molecule has 1 atom stereocenters. The number of nitrogens with one attached hydrogen (secondary N) is 1. The number of benzene rings is 1. The molecular weight excluding hydrogens is 324 g/mol. The largest absolute Gasteiger partial charge is 0.507 e. The second-order valence-electron chi connectivity index (χ2n) is 4.49. The molecule has 0 aliphatic rings. The van der Waals surface area contributed by atoms with Crippen LogP contribution in [0.4, 0.5) is 0 Å². The SMILES string of the molecule is C[C@@H](CCn1cncn1)NC(=O)c1ccc(Br)c(O)c1. The fraction of sp³-hybridized carbons (Fsp3) is 0.308. The third kappa shape index (κ3) is 3.80.